The molecule has 0 bridgehead atoms. The van der Waals surface area contributed by atoms with Crippen molar-refractivity contribution >= 4 is 23.4 Å². The van der Waals surface area contributed by atoms with Crippen LogP contribution >= 0.6 is 11.6 Å². The number of fused-ring (bicyclic) bond motifs is 2. The molecule has 2 unspecified atom stereocenters. The van der Waals surface area contributed by atoms with Gasteiger partial charge >= 0.3 is 0 Å². The number of amides is 2. The molecule has 0 radical (unpaired) electrons. The molecule has 0 saturated heterocycles. The van der Waals surface area contributed by atoms with Gasteiger partial charge in [-0.2, -0.15) is 0 Å². The largest absolute Gasteiger partial charge is 0.347 e. The summed E-state index contributed by atoms with van der Waals surface area (Å²) in [6, 6.07) is 61.1. The first-order chi connectivity index (χ1) is 27.5. The molecule has 0 fully saturated rings. The summed E-state index contributed by atoms with van der Waals surface area (Å²) in [6.07, 6.45) is 2.45. The van der Waals surface area contributed by atoms with Gasteiger partial charge in [-0.1, -0.05) is 175 Å². The molecule has 2 aliphatic rings. The lowest BCUT2D eigenvalue weighted by molar-refractivity contribution is -0.110. The Labute approximate surface area is 332 Å². The highest BCUT2D eigenvalue weighted by molar-refractivity contribution is 6.29. The molecule has 3 heterocycles. The van der Waals surface area contributed by atoms with Crippen molar-refractivity contribution in [2.45, 2.75) is 30.2 Å². The summed E-state index contributed by atoms with van der Waals surface area (Å²) in [4.78, 5) is 33.7. The first-order valence-corrected chi connectivity index (χ1v) is 19.1. The molecule has 7 aromatic rings. The van der Waals surface area contributed by atoms with Crippen LogP contribution in [0, 0.1) is 0 Å². The molecule has 2 amide bonds. The zero-order chi connectivity index (χ0) is 38.4. The second-order valence-electron chi connectivity index (χ2n) is 13.8. The van der Waals surface area contributed by atoms with Crippen LogP contribution in [0.4, 0.5) is 0 Å². The fourth-order valence-electron chi connectivity index (χ4n) is 7.72. The molecular formula is C49H40ClN3O3. The molecule has 1 aromatic heterocycles. The van der Waals surface area contributed by atoms with Crippen LogP contribution < -0.4 is 0 Å². The van der Waals surface area contributed by atoms with Crippen LogP contribution in [0.15, 0.2) is 194 Å². The SMILES string of the molecule is O=C1c2ccccc2C(Cl)(c2ccccc2)N1Cc1ccccc1.O=C1c2ccccc2C(OCCc2ccccn2)(c2ccccc2)N1Cc1ccccc1. The molecule has 7 heteroatoms. The van der Waals surface area contributed by atoms with E-state index in [1.807, 2.05) is 193 Å². The molecule has 0 saturated carbocycles. The first-order valence-electron chi connectivity index (χ1n) is 18.7. The standard InChI is InChI=1S/C28H24N2O2.C21H16ClNO/c31-27-25-16-7-8-17-26(25)28(23-13-5-2-6-14-23,30(27)21-22-11-3-1-4-12-22)32-20-18-24-15-9-10-19-29-24;22-21(17-11-5-2-6-12-17)19-14-8-7-13-18(19)20(24)23(21)15-16-9-3-1-4-10-16/h1-17,19H,18,20-21H2;1-14H,15H2. The Kier molecular flexibility index (Phi) is 10.6. The maximum Gasteiger partial charge on any atom is 0.257 e. The van der Waals surface area contributed by atoms with Gasteiger partial charge in [-0.3, -0.25) is 19.5 Å². The fraction of sp³-hybridized carbons (Fsp3) is 0.122. The summed E-state index contributed by atoms with van der Waals surface area (Å²) in [5, 5.41) is 0. The van der Waals surface area contributed by atoms with Crippen molar-refractivity contribution in [2.75, 3.05) is 6.61 Å². The molecule has 6 nitrogen and oxygen atoms in total. The summed E-state index contributed by atoms with van der Waals surface area (Å²) >= 11 is 7.14. The number of benzene rings is 6. The molecule has 2 aliphatic heterocycles. The number of rotatable bonds is 10. The van der Waals surface area contributed by atoms with Crippen molar-refractivity contribution in [3.63, 3.8) is 0 Å². The van der Waals surface area contributed by atoms with Gasteiger partial charge in [0.25, 0.3) is 11.8 Å². The summed E-state index contributed by atoms with van der Waals surface area (Å²) in [5.74, 6) is -0.0561. The van der Waals surface area contributed by atoms with E-state index in [1.165, 1.54) is 0 Å². The number of halogens is 1. The maximum absolute atomic E-state index is 13.7. The minimum Gasteiger partial charge on any atom is -0.347 e. The third-order valence-corrected chi connectivity index (χ3v) is 11.0. The van der Waals surface area contributed by atoms with Crippen LogP contribution in [0.2, 0.25) is 0 Å². The zero-order valence-corrected chi connectivity index (χ0v) is 31.5. The summed E-state index contributed by atoms with van der Waals surface area (Å²) in [7, 11) is 0. The van der Waals surface area contributed by atoms with E-state index in [-0.39, 0.29) is 11.8 Å². The van der Waals surface area contributed by atoms with E-state index in [0.29, 0.717) is 37.2 Å². The van der Waals surface area contributed by atoms with Gasteiger partial charge in [0.15, 0.2) is 10.7 Å². The number of hydrogen-bond donors (Lipinski definition) is 0. The highest BCUT2D eigenvalue weighted by atomic mass is 35.5. The average molecular weight is 754 g/mol. The van der Waals surface area contributed by atoms with E-state index >= 15 is 0 Å². The molecule has 6 aromatic carbocycles. The number of aromatic nitrogens is 1. The summed E-state index contributed by atoms with van der Waals surface area (Å²) in [5.41, 5.74) is 7.00. The second-order valence-corrected chi connectivity index (χ2v) is 14.3. The van der Waals surface area contributed by atoms with E-state index in [1.54, 1.807) is 11.1 Å². The number of carbonyl (C=O) groups excluding carboxylic acids is 2. The van der Waals surface area contributed by atoms with Gasteiger partial charge in [-0.25, -0.2) is 0 Å². The van der Waals surface area contributed by atoms with Crippen molar-refractivity contribution in [3.8, 4) is 0 Å². The van der Waals surface area contributed by atoms with Crippen LogP contribution in [0.1, 0.15) is 59.8 Å². The molecular weight excluding hydrogens is 714 g/mol. The third-order valence-electron chi connectivity index (χ3n) is 10.4. The van der Waals surface area contributed by atoms with Crippen LogP contribution in [-0.4, -0.2) is 33.2 Å². The number of nitrogens with zero attached hydrogens (tertiary/aromatic N) is 3. The Morgan fingerprint density at radius 3 is 1.55 bits per heavy atom. The smallest absolute Gasteiger partial charge is 0.257 e. The predicted octanol–water partition coefficient (Wildman–Crippen LogP) is 9.98. The molecule has 0 N–H and O–H groups in total. The minimum absolute atomic E-state index is 0.0221. The number of pyridine rings is 1. The van der Waals surface area contributed by atoms with Crippen LogP contribution in [0.3, 0.4) is 0 Å². The lowest BCUT2D eigenvalue weighted by Crippen LogP contribution is -2.46. The Balaban J connectivity index is 0.000000164. The molecule has 0 aliphatic carbocycles. The summed E-state index contributed by atoms with van der Waals surface area (Å²) < 4.78 is 6.73. The van der Waals surface area contributed by atoms with E-state index < -0.39 is 10.7 Å². The van der Waals surface area contributed by atoms with E-state index in [0.717, 1.165) is 39.1 Å². The quantitative estimate of drug-likeness (QED) is 0.103. The van der Waals surface area contributed by atoms with E-state index in [2.05, 4.69) is 4.98 Å². The Hall–Kier alpha value is -6.34. The van der Waals surface area contributed by atoms with Gasteiger partial charge in [-0.05, 0) is 41.0 Å². The van der Waals surface area contributed by atoms with Crippen LogP contribution in [0.5, 0.6) is 0 Å². The highest BCUT2D eigenvalue weighted by Gasteiger charge is 2.52. The van der Waals surface area contributed by atoms with Crippen molar-refractivity contribution in [1.82, 2.24) is 14.8 Å². The Morgan fingerprint density at radius 2 is 0.964 bits per heavy atom. The van der Waals surface area contributed by atoms with Crippen molar-refractivity contribution in [1.29, 1.82) is 0 Å². The monoisotopic (exact) mass is 753 g/mol. The van der Waals surface area contributed by atoms with E-state index in [4.69, 9.17) is 16.3 Å². The molecule has 0 spiro atoms. The lowest BCUT2D eigenvalue weighted by atomic mass is 9.93. The molecule has 9 rings (SSSR count). The van der Waals surface area contributed by atoms with Gasteiger partial charge in [0, 0.05) is 59.2 Å². The minimum atomic E-state index is -1.00. The first kappa shape index (κ1) is 36.6. The molecule has 276 valence electrons. The molecule has 56 heavy (non-hydrogen) atoms. The normalized spacial score (nSPS) is 18.2. The number of hydrogen-bond acceptors (Lipinski definition) is 4. The second kappa shape index (κ2) is 16.2. The number of carbonyl (C=O) groups is 2. The number of alkyl halides is 1. The van der Waals surface area contributed by atoms with Gasteiger partial charge in [0.2, 0.25) is 0 Å². The maximum atomic E-state index is 13.7. The van der Waals surface area contributed by atoms with Gasteiger partial charge in [-0.15, -0.1) is 0 Å². The number of ether oxygens (including phenoxy) is 1. The summed E-state index contributed by atoms with van der Waals surface area (Å²) in [6.45, 7) is 1.35. The van der Waals surface area contributed by atoms with Gasteiger partial charge in [0.05, 0.1) is 6.61 Å². The fourth-order valence-corrected chi connectivity index (χ4v) is 8.15. The predicted molar refractivity (Wildman–Crippen MR) is 220 cm³/mol. The highest BCUT2D eigenvalue weighted by Crippen LogP contribution is 2.48. The Morgan fingerprint density at radius 1 is 0.500 bits per heavy atom. The van der Waals surface area contributed by atoms with Crippen molar-refractivity contribution in [2.24, 2.45) is 0 Å². The van der Waals surface area contributed by atoms with E-state index in [9.17, 15) is 9.59 Å². The van der Waals surface area contributed by atoms with Crippen molar-refractivity contribution in [3.05, 3.63) is 244 Å². The van der Waals surface area contributed by atoms with Crippen LogP contribution in [-0.2, 0) is 35.0 Å². The van der Waals surface area contributed by atoms with Crippen LogP contribution in [0.25, 0.3) is 0 Å². The van der Waals surface area contributed by atoms with Crippen molar-refractivity contribution < 1.29 is 14.3 Å². The zero-order valence-electron chi connectivity index (χ0n) is 30.7. The lowest BCUT2D eigenvalue weighted by Gasteiger charge is -2.39. The average Bonchev–Trinajstić information content (AvgIpc) is 3.63. The van der Waals surface area contributed by atoms with Gasteiger partial charge < -0.3 is 9.64 Å². The topological polar surface area (TPSA) is 62.7 Å². The molecule has 2 atom stereocenters. The third kappa shape index (κ3) is 6.90. The van der Waals surface area contributed by atoms with Gasteiger partial charge in [0.1, 0.15) is 0 Å². The Bertz CT molecular complexity index is 2420.